The fraction of sp³-hybridized carbons (Fsp3) is 0.259. The third-order valence-corrected chi connectivity index (χ3v) is 10.0. The van der Waals surface area contributed by atoms with Gasteiger partial charge in [0.15, 0.2) is 0 Å². The highest BCUT2D eigenvalue weighted by atomic mass is 19.4. The van der Waals surface area contributed by atoms with Gasteiger partial charge in [-0.1, -0.05) is 73.4 Å². The molecular formula is C54H57F3O16. The molecule has 0 saturated heterocycles. The number of hydrogen-bond acceptors (Lipinski definition) is 16. The summed E-state index contributed by atoms with van der Waals surface area (Å²) in [7, 11) is 0. The van der Waals surface area contributed by atoms with Crippen molar-refractivity contribution in [3.63, 3.8) is 0 Å². The Morgan fingerprint density at radius 2 is 0.767 bits per heavy atom. The number of esters is 8. The van der Waals surface area contributed by atoms with Gasteiger partial charge in [0.2, 0.25) is 0 Å². The number of carbonyl (C=O) groups is 8. The van der Waals surface area contributed by atoms with E-state index in [2.05, 4.69) is 85.8 Å². The van der Waals surface area contributed by atoms with Crippen LogP contribution in [0.5, 0.6) is 0 Å². The third-order valence-electron chi connectivity index (χ3n) is 10.0. The quantitative estimate of drug-likeness (QED) is 0.190. The van der Waals surface area contributed by atoms with E-state index < -0.39 is 29.1 Å². The van der Waals surface area contributed by atoms with Crippen LogP contribution in [0.25, 0.3) is 0 Å². The van der Waals surface area contributed by atoms with Gasteiger partial charge in [0.25, 0.3) is 0 Å². The Hall–Kier alpha value is -8.61. The first kappa shape index (κ1) is 62.4. The second-order valence-corrected chi connectivity index (χ2v) is 15.4. The summed E-state index contributed by atoms with van der Waals surface area (Å²) in [6.07, 6.45) is 5.48. The van der Waals surface area contributed by atoms with Gasteiger partial charge in [0.05, 0.1) is 5.57 Å². The largest absolute Gasteiger partial charge is 0.424 e. The van der Waals surface area contributed by atoms with Crippen molar-refractivity contribution in [1.29, 1.82) is 0 Å². The van der Waals surface area contributed by atoms with Crippen molar-refractivity contribution in [2.45, 2.75) is 94.7 Å². The van der Waals surface area contributed by atoms with Crippen LogP contribution in [0.2, 0.25) is 0 Å². The van der Waals surface area contributed by atoms with Gasteiger partial charge in [-0.3, -0.25) is 0 Å². The minimum atomic E-state index is -4.56. The monoisotopic (exact) mass is 1020 g/mol. The SMILES string of the molecule is C=C1C=C(C)C(=O)O1.C=C1C=C(C)C(=O)O1.C=C1C=C(CC)C(=O)O1.C=C1C=CC(=O)O1.C=C1OC(=O)C(C)=C1C.C=C1OC(=O)C(C)=C1C.C=C1OC(=O)C(C)=C1C(F)(F)F.C=C1OC(=O)C(CC)=C1CC. The van der Waals surface area contributed by atoms with Crippen molar-refractivity contribution in [1.82, 2.24) is 0 Å². The minimum Gasteiger partial charge on any atom is -0.424 e. The molecule has 0 saturated carbocycles. The predicted octanol–water partition coefficient (Wildman–Crippen LogP) is 10.9. The average molecular weight is 1020 g/mol. The van der Waals surface area contributed by atoms with Crippen LogP contribution in [0, 0.1) is 0 Å². The maximum absolute atomic E-state index is 12.1. The Morgan fingerprint density at radius 1 is 0.384 bits per heavy atom. The lowest BCUT2D eigenvalue weighted by Gasteiger charge is -2.06. The molecule has 0 unspecified atom stereocenters. The molecule has 0 fully saturated rings. The summed E-state index contributed by atoms with van der Waals surface area (Å²) in [6, 6.07) is 0. The number of carbonyl (C=O) groups excluding carboxylic acids is 8. The van der Waals surface area contributed by atoms with Crippen LogP contribution in [0.15, 0.2) is 190 Å². The maximum Gasteiger partial charge on any atom is 0.420 e. The molecule has 0 radical (unpaired) electrons. The Kier molecular flexibility index (Phi) is 23.7. The molecule has 0 bridgehead atoms. The topological polar surface area (TPSA) is 210 Å². The summed E-state index contributed by atoms with van der Waals surface area (Å²) in [4.78, 5) is 84.6. The molecule has 8 aliphatic heterocycles. The molecule has 8 aliphatic rings. The fourth-order valence-corrected chi connectivity index (χ4v) is 5.60. The molecular weight excluding hydrogens is 962 g/mol. The van der Waals surface area contributed by atoms with Crippen molar-refractivity contribution in [2.24, 2.45) is 0 Å². The number of ether oxygens (including phenoxy) is 8. The molecule has 0 aromatic heterocycles. The summed E-state index contributed by atoms with van der Waals surface area (Å²) in [6.45, 7) is 44.8. The van der Waals surface area contributed by atoms with Gasteiger partial charge in [-0.15, -0.1) is 0 Å². The van der Waals surface area contributed by atoms with E-state index in [1.54, 1.807) is 45.9 Å². The summed E-state index contributed by atoms with van der Waals surface area (Å²) in [5.74, 6) is -0.231. The molecule has 0 amide bonds. The molecule has 16 nitrogen and oxygen atoms in total. The summed E-state index contributed by atoms with van der Waals surface area (Å²) in [5.41, 5.74) is 5.28. The lowest BCUT2D eigenvalue weighted by atomic mass is 10.1. The molecule has 390 valence electrons. The Balaban J connectivity index is 0.000000419. The lowest BCUT2D eigenvalue weighted by molar-refractivity contribution is -0.134. The number of halogens is 3. The van der Waals surface area contributed by atoms with Crippen LogP contribution in [-0.4, -0.2) is 53.9 Å². The van der Waals surface area contributed by atoms with E-state index in [1.165, 1.54) is 12.2 Å². The highest BCUT2D eigenvalue weighted by molar-refractivity contribution is 5.96. The standard InChI is InChI=1S/C9H12O2.C7H5F3O2.3C7H8O2.2C6H6O2.C5H4O2/c1-4-7-6(3)11-9(10)8(7)5-2;1-3-5(7(8,9)10)4(2)12-6(3)11;2*1-4-5(2)7(8)9-6(4)3;1-3-6-4-5(2)9-7(6)8;2*1-4-3-5(2)8-6(4)7;1-4-2-3-5(6)7-4/h3-5H2,1-2H3;2H2,1H3;2*3H2,1-2H3;4H,2-3H2,1H3;2*3H,2H2,1H3;2-3H,1H2. The van der Waals surface area contributed by atoms with Crippen LogP contribution in [0.3, 0.4) is 0 Å². The predicted molar refractivity (Wildman–Crippen MR) is 260 cm³/mol. The van der Waals surface area contributed by atoms with E-state index in [0.717, 1.165) is 48.5 Å². The van der Waals surface area contributed by atoms with Crippen molar-refractivity contribution >= 4 is 47.8 Å². The summed E-state index contributed by atoms with van der Waals surface area (Å²) < 4.78 is 72.8. The van der Waals surface area contributed by atoms with Gasteiger partial charge in [-0.2, -0.15) is 13.2 Å². The number of cyclic esters (lactones) is 8. The molecule has 8 heterocycles. The molecule has 0 N–H and O–H groups in total. The normalized spacial score (nSPS) is 18.3. The molecule has 0 aromatic carbocycles. The number of hydrogen-bond donors (Lipinski definition) is 0. The Bertz CT molecular complexity index is 2580. The van der Waals surface area contributed by atoms with Crippen molar-refractivity contribution in [3.05, 3.63) is 190 Å². The number of rotatable bonds is 3. The van der Waals surface area contributed by atoms with E-state index in [-0.39, 0.29) is 41.8 Å². The van der Waals surface area contributed by atoms with Crippen LogP contribution in [0.4, 0.5) is 13.2 Å². The van der Waals surface area contributed by atoms with Crippen LogP contribution in [-0.2, 0) is 76.3 Å². The van der Waals surface area contributed by atoms with E-state index >= 15 is 0 Å². The van der Waals surface area contributed by atoms with Crippen molar-refractivity contribution in [3.8, 4) is 0 Å². The molecule has 0 aromatic rings. The van der Waals surface area contributed by atoms with E-state index in [4.69, 9.17) is 4.74 Å². The van der Waals surface area contributed by atoms with Gasteiger partial charge in [-0.05, 0) is 92.0 Å². The van der Waals surface area contributed by atoms with Crippen molar-refractivity contribution < 1.29 is 89.4 Å². The Morgan fingerprint density at radius 3 is 0.918 bits per heavy atom. The van der Waals surface area contributed by atoms with E-state index in [0.29, 0.717) is 68.2 Å². The third kappa shape index (κ3) is 18.9. The fourth-order valence-electron chi connectivity index (χ4n) is 5.60. The molecule has 0 aliphatic carbocycles. The molecule has 8 rings (SSSR count). The molecule has 0 spiro atoms. The first-order valence-corrected chi connectivity index (χ1v) is 21.6. The number of allylic oxidation sites excluding steroid dienone is 8. The zero-order chi connectivity index (χ0) is 56.4. The molecule has 19 heteroatoms. The van der Waals surface area contributed by atoms with Crippen molar-refractivity contribution in [2.75, 3.05) is 0 Å². The van der Waals surface area contributed by atoms with E-state index in [9.17, 15) is 51.5 Å². The zero-order valence-electron chi connectivity index (χ0n) is 42.3. The molecule has 73 heavy (non-hydrogen) atoms. The van der Waals surface area contributed by atoms with Crippen LogP contribution >= 0.6 is 0 Å². The lowest BCUT2D eigenvalue weighted by Crippen LogP contribution is -2.12. The van der Waals surface area contributed by atoms with Gasteiger partial charge in [-0.25, -0.2) is 38.4 Å². The van der Waals surface area contributed by atoms with Crippen LogP contribution in [0.1, 0.15) is 88.5 Å². The Labute approximate surface area is 421 Å². The van der Waals surface area contributed by atoms with Gasteiger partial charge in [0, 0.05) is 56.2 Å². The van der Waals surface area contributed by atoms with Gasteiger partial charge < -0.3 is 37.9 Å². The smallest absolute Gasteiger partial charge is 0.420 e. The van der Waals surface area contributed by atoms with Gasteiger partial charge in [0.1, 0.15) is 51.6 Å². The minimum absolute atomic E-state index is 0.214. The first-order valence-electron chi connectivity index (χ1n) is 21.6. The molecule has 0 atom stereocenters. The maximum atomic E-state index is 12.1. The second-order valence-electron chi connectivity index (χ2n) is 15.4. The number of alkyl halides is 3. The zero-order valence-corrected chi connectivity index (χ0v) is 42.3. The highest BCUT2D eigenvalue weighted by Gasteiger charge is 2.44. The summed E-state index contributed by atoms with van der Waals surface area (Å²) in [5, 5.41) is 0. The first-order chi connectivity index (χ1) is 33.7. The van der Waals surface area contributed by atoms with Gasteiger partial charge >= 0.3 is 53.9 Å². The van der Waals surface area contributed by atoms with Crippen LogP contribution < -0.4 is 0 Å². The second kappa shape index (κ2) is 27.7. The average Bonchev–Trinajstić information content (AvgIpc) is 4.17. The summed E-state index contributed by atoms with van der Waals surface area (Å²) >= 11 is 0. The highest BCUT2D eigenvalue weighted by Crippen LogP contribution is 2.38. The van der Waals surface area contributed by atoms with E-state index in [1.807, 2.05) is 34.6 Å².